The highest BCUT2D eigenvalue weighted by molar-refractivity contribution is 6.31. The SMILES string of the molecule is COc1ccc(C2=C(c3ccccc3)C(=O)O/C2=C\c2ccc3ccccc3c2)cc1. The van der Waals surface area contributed by atoms with Crippen LogP contribution in [-0.2, 0) is 9.53 Å². The summed E-state index contributed by atoms with van der Waals surface area (Å²) in [6, 6.07) is 31.7. The lowest BCUT2D eigenvalue weighted by Crippen LogP contribution is -1.98. The van der Waals surface area contributed by atoms with E-state index in [1.807, 2.05) is 78.9 Å². The molecular weight excluding hydrogens is 384 g/mol. The molecular formula is C28H20O3. The van der Waals surface area contributed by atoms with Crippen molar-refractivity contribution >= 4 is 34.0 Å². The van der Waals surface area contributed by atoms with E-state index in [1.165, 1.54) is 5.39 Å². The molecule has 0 aliphatic carbocycles. The van der Waals surface area contributed by atoms with Crippen LogP contribution in [0.4, 0.5) is 0 Å². The molecule has 0 unspecified atom stereocenters. The van der Waals surface area contributed by atoms with E-state index in [4.69, 9.17) is 9.47 Å². The van der Waals surface area contributed by atoms with E-state index >= 15 is 0 Å². The Kier molecular flexibility index (Phi) is 4.85. The molecule has 4 aromatic rings. The predicted octanol–water partition coefficient (Wildman–Crippen LogP) is 6.36. The van der Waals surface area contributed by atoms with Gasteiger partial charge in [0, 0.05) is 5.57 Å². The Hall–Kier alpha value is -4.11. The number of ether oxygens (including phenoxy) is 2. The number of carbonyl (C=O) groups is 1. The minimum Gasteiger partial charge on any atom is -0.497 e. The fraction of sp³-hybridized carbons (Fsp3) is 0.0357. The molecule has 31 heavy (non-hydrogen) atoms. The Bertz CT molecular complexity index is 1330. The normalized spacial score (nSPS) is 14.9. The average molecular weight is 404 g/mol. The molecule has 0 saturated carbocycles. The molecule has 150 valence electrons. The molecule has 1 heterocycles. The number of cyclic esters (lactones) is 1. The summed E-state index contributed by atoms with van der Waals surface area (Å²) in [5.41, 5.74) is 4.06. The van der Waals surface area contributed by atoms with Gasteiger partial charge in [-0.15, -0.1) is 0 Å². The Labute approximate surface area is 180 Å². The zero-order chi connectivity index (χ0) is 21.2. The average Bonchev–Trinajstić information content (AvgIpc) is 3.15. The highest BCUT2D eigenvalue weighted by Gasteiger charge is 2.31. The second-order valence-corrected chi connectivity index (χ2v) is 7.35. The third-order valence-corrected chi connectivity index (χ3v) is 5.42. The number of hydrogen-bond donors (Lipinski definition) is 0. The van der Waals surface area contributed by atoms with Gasteiger partial charge >= 0.3 is 5.97 Å². The lowest BCUT2D eigenvalue weighted by molar-refractivity contribution is -0.131. The second-order valence-electron chi connectivity index (χ2n) is 7.35. The topological polar surface area (TPSA) is 35.5 Å². The fourth-order valence-electron chi connectivity index (χ4n) is 3.89. The van der Waals surface area contributed by atoms with Gasteiger partial charge in [0.05, 0.1) is 12.7 Å². The number of allylic oxidation sites excluding steroid dienone is 1. The van der Waals surface area contributed by atoms with Crippen LogP contribution < -0.4 is 4.74 Å². The summed E-state index contributed by atoms with van der Waals surface area (Å²) in [6.07, 6.45) is 1.93. The monoisotopic (exact) mass is 404 g/mol. The largest absolute Gasteiger partial charge is 0.497 e. The Morgan fingerprint density at radius 2 is 1.39 bits per heavy atom. The summed E-state index contributed by atoms with van der Waals surface area (Å²) in [5.74, 6) is 0.962. The molecule has 0 atom stereocenters. The minimum absolute atomic E-state index is 0.343. The molecule has 0 saturated heterocycles. The Morgan fingerprint density at radius 1 is 0.710 bits per heavy atom. The van der Waals surface area contributed by atoms with Gasteiger partial charge in [-0.05, 0) is 51.7 Å². The quantitative estimate of drug-likeness (QED) is 0.372. The fourth-order valence-corrected chi connectivity index (χ4v) is 3.89. The van der Waals surface area contributed by atoms with Crippen molar-refractivity contribution in [1.82, 2.24) is 0 Å². The summed E-state index contributed by atoms with van der Waals surface area (Å²) >= 11 is 0. The first-order chi connectivity index (χ1) is 15.2. The molecule has 0 spiro atoms. The first-order valence-electron chi connectivity index (χ1n) is 10.1. The van der Waals surface area contributed by atoms with Gasteiger partial charge in [-0.3, -0.25) is 0 Å². The molecule has 0 N–H and O–H groups in total. The third-order valence-electron chi connectivity index (χ3n) is 5.42. The van der Waals surface area contributed by atoms with E-state index in [9.17, 15) is 4.79 Å². The van der Waals surface area contributed by atoms with Crippen LogP contribution in [0.15, 0.2) is 103 Å². The maximum Gasteiger partial charge on any atom is 0.344 e. The van der Waals surface area contributed by atoms with Gasteiger partial charge in [0.15, 0.2) is 0 Å². The lowest BCUT2D eigenvalue weighted by atomic mass is 9.94. The van der Waals surface area contributed by atoms with Gasteiger partial charge in [-0.2, -0.15) is 0 Å². The molecule has 5 rings (SSSR count). The number of carbonyl (C=O) groups excluding carboxylic acids is 1. The molecule has 0 radical (unpaired) electrons. The van der Waals surface area contributed by atoms with Gasteiger partial charge in [-0.1, -0.05) is 78.9 Å². The summed E-state index contributed by atoms with van der Waals surface area (Å²) in [6.45, 7) is 0. The van der Waals surface area contributed by atoms with Crippen LogP contribution in [0.2, 0.25) is 0 Å². The molecule has 0 bridgehead atoms. The maximum absolute atomic E-state index is 12.9. The first-order valence-corrected chi connectivity index (χ1v) is 10.1. The number of fused-ring (bicyclic) bond motifs is 1. The van der Waals surface area contributed by atoms with Crippen molar-refractivity contribution in [2.24, 2.45) is 0 Å². The third kappa shape index (κ3) is 3.62. The van der Waals surface area contributed by atoms with E-state index in [0.717, 1.165) is 33.4 Å². The van der Waals surface area contributed by atoms with Crippen LogP contribution in [0.3, 0.4) is 0 Å². The van der Waals surface area contributed by atoms with E-state index in [1.54, 1.807) is 7.11 Å². The smallest absolute Gasteiger partial charge is 0.344 e. The lowest BCUT2D eigenvalue weighted by Gasteiger charge is -2.08. The van der Waals surface area contributed by atoms with Crippen molar-refractivity contribution in [3.8, 4) is 5.75 Å². The van der Waals surface area contributed by atoms with Crippen LogP contribution in [0.1, 0.15) is 16.7 Å². The minimum atomic E-state index is -0.343. The second kappa shape index (κ2) is 7.96. The van der Waals surface area contributed by atoms with Crippen LogP contribution >= 0.6 is 0 Å². The summed E-state index contributed by atoms with van der Waals surface area (Å²) in [7, 11) is 1.64. The van der Waals surface area contributed by atoms with Crippen molar-refractivity contribution in [1.29, 1.82) is 0 Å². The van der Waals surface area contributed by atoms with Crippen molar-refractivity contribution in [2.45, 2.75) is 0 Å². The number of hydrogen-bond acceptors (Lipinski definition) is 3. The van der Waals surface area contributed by atoms with Gasteiger partial charge in [-0.25, -0.2) is 4.79 Å². The van der Waals surface area contributed by atoms with Gasteiger partial charge in [0.1, 0.15) is 11.5 Å². The Balaban J connectivity index is 1.68. The summed E-state index contributed by atoms with van der Waals surface area (Å²) in [5, 5.41) is 2.31. The van der Waals surface area contributed by atoms with Gasteiger partial charge in [0.25, 0.3) is 0 Å². The molecule has 3 nitrogen and oxygen atoms in total. The van der Waals surface area contributed by atoms with Crippen LogP contribution in [0, 0.1) is 0 Å². The highest BCUT2D eigenvalue weighted by Crippen LogP contribution is 2.41. The number of esters is 1. The molecule has 0 amide bonds. The Morgan fingerprint density at radius 3 is 2.13 bits per heavy atom. The van der Waals surface area contributed by atoms with Crippen LogP contribution in [0.5, 0.6) is 5.75 Å². The van der Waals surface area contributed by atoms with Crippen molar-refractivity contribution in [3.05, 3.63) is 120 Å². The molecule has 3 heteroatoms. The molecule has 4 aromatic carbocycles. The van der Waals surface area contributed by atoms with Gasteiger partial charge in [0.2, 0.25) is 0 Å². The zero-order valence-electron chi connectivity index (χ0n) is 17.0. The van der Waals surface area contributed by atoms with E-state index < -0.39 is 0 Å². The van der Waals surface area contributed by atoms with Crippen molar-refractivity contribution in [2.75, 3.05) is 7.11 Å². The maximum atomic E-state index is 12.9. The molecule has 0 fully saturated rings. The molecule has 0 aromatic heterocycles. The number of methoxy groups -OCH3 is 1. The summed E-state index contributed by atoms with van der Waals surface area (Å²) in [4.78, 5) is 12.9. The van der Waals surface area contributed by atoms with Gasteiger partial charge < -0.3 is 9.47 Å². The molecule has 1 aliphatic rings. The highest BCUT2D eigenvalue weighted by atomic mass is 16.5. The molecule has 1 aliphatic heterocycles. The van der Waals surface area contributed by atoms with Crippen molar-refractivity contribution < 1.29 is 14.3 Å². The first kappa shape index (κ1) is 18.9. The zero-order valence-corrected chi connectivity index (χ0v) is 17.0. The van der Waals surface area contributed by atoms with E-state index in [0.29, 0.717) is 11.3 Å². The van der Waals surface area contributed by atoms with Crippen LogP contribution in [-0.4, -0.2) is 13.1 Å². The van der Waals surface area contributed by atoms with E-state index in [2.05, 4.69) is 24.3 Å². The van der Waals surface area contributed by atoms with E-state index in [-0.39, 0.29) is 5.97 Å². The number of rotatable bonds is 4. The summed E-state index contributed by atoms with van der Waals surface area (Å²) < 4.78 is 11.1. The van der Waals surface area contributed by atoms with Crippen molar-refractivity contribution in [3.63, 3.8) is 0 Å². The predicted molar refractivity (Wildman–Crippen MR) is 124 cm³/mol. The standard InChI is InChI=1S/C28H20O3/c1-30-24-15-13-22(14-16-24)26-25(31-28(29)27(26)21-8-3-2-4-9-21)18-19-11-12-20-7-5-6-10-23(20)17-19/h2-18H,1H3/b25-18-. The van der Waals surface area contributed by atoms with Crippen LogP contribution in [0.25, 0.3) is 28.0 Å². The number of benzene rings is 4.